The van der Waals surface area contributed by atoms with Gasteiger partial charge in [-0.3, -0.25) is 9.69 Å². The number of amides is 1. The maximum Gasteiger partial charge on any atom is 0.241 e. The molecule has 0 radical (unpaired) electrons. The van der Waals surface area contributed by atoms with Gasteiger partial charge in [0.1, 0.15) is 6.07 Å². The van der Waals surface area contributed by atoms with Crippen LogP contribution in [-0.4, -0.2) is 42.1 Å². The number of ether oxygens (including phenoxy) is 1. The molecule has 0 bridgehead atoms. The van der Waals surface area contributed by atoms with Crippen molar-refractivity contribution in [2.24, 2.45) is 0 Å². The van der Waals surface area contributed by atoms with Crippen LogP contribution in [0.2, 0.25) is 0 Å². The second-order valence-corrected chi connectivity index (χ2v) is 5.51. The Kier molecular flexibility index (Phi) is 4.94. The van der Waals surface area contributed by atoms with Gasteiger partial charge in [0, 0.05) is 12.6 Å². The van der Waals surface area contributed by atoms with Crippen LogP contribution >= 0.6 is 0 Å². The number of nitrogens with one attached hydrogen (secondary N) is 1. The van der Waals surface area contributed by atoms with Gasteiger partial charge in [0.2, 0.25) is 5.91 Å². The van der Waals surface area contributed by atoms with Crippen molar-refractivity contribution in [3.05, 3.63) is 29.8 Å². The maximum absolute atomic E-state index is 12.4. The summed E-state index contributed by atoms with van der Waals surface area (Å²) in [5.41, 5.74) is 1.03. The highest BCUT2D eigenvalue weighted by atomic mass is 16.5. The summed E-state index contributed by atoms with van der Waals surface area (Å²) in [5, 5.41) is 11.9. The van der Waals surface area contributed by atoms with Gasteiger partial charge in [-0.15, -0.1) is 0 Å². The van der Waals surface area contributed by atoms with Crippen LogP contribution in [0, 0.1) is 11.3 Å². The summed E-state index contributed by atoms with van der Waals surface area (Å²) in [6.07, 6.45) is 0.128. The van der Waals surface area contributed by atoms with Crippen molar-refractivity contribution in [3.63, 3.8) is 0 Å². The summed E-state index contributed by atoms with van der Waals surface area (Å²) in [6, 6.07) is 9.05. The van der Waals surface area contributed by atoms with Crippen LogP contribution in [0.5, 0.6) is 0 Å². The van der Waals surface area contributed by atoms with Gasteiger partial charge >= 0.3 is 0 Å². The van der Waals surface area contributed by atoms with E-state index in [1.807, 2.05) is 13.8 Å². The fraction of sp³-hybridized carbons (Fsp3) is 0.500. The molecule has 1 aliphatic heterocycles. The van der Waals surface area contributed by atoms with Crippen LogP contribution in [0.1, 0.15) is 26.3 Å². The molecule has 1 amide bonds. The van der Waals surface area contributed by atoms with Crippen LogP contribution in [-0.2, 0) is 9.53 Å². The summed E-state index contributed by atoms with van der Waals surface area (Å²) in [7, 11) is 0. The molecule has 21 heavy (non-hydrogen) atoms. The van der Waals surface area contributed by atoms with Crippen LogP contribution in [0.4, 0.5) is 5.69 Å². The Labute approximate surface area is 125 Å². The van der Waals surface area contributed by atoms with E-state index in [0.717, 1.165) is 6.54 Å². The molecule has 1 heterocycles. The Morgan fingerprint density at radius 2 is 2.19 bits per heavy atom. The van der Waals surface area contributed by atoms with Crippen LogP contribution in [0.3, 0.4) is 0 Å². The van der Waals surface area contributed by atoms with Gasteiger partial charge in [0.25, 0.3) is 0 Å². The molecule has 0 aromatic heterocycles. The van der Waals surface area contributed by atoms with Gasteiger partial charge in [-0.2, -0.15) is 5.26 Å². The second-order valence-electron chi connectivity index (χ2n) is 5.51. The van der Waals surface area contributed by atoms with Crippen molar-refractivity contribution in [3.8, 4) is 6.07 Å². The zero-order valence-electron chi connectivity index (χ0n) is 12.7. The molecule has 3 atom stereocenters. The van der Waals surface area contributed by atoms with E-state index in [2.05, 4.69) is 23.2 Å². The first-order valence-electron chi connectivity index (χ1n) is 7.20. The molecule has 112 valence electrons. The van der Waals surface area contributed by atoms with Gasteiger partial charge in [-0.25, -0.2) is 0 Å². The molecule has 0 spiro atoms. The van der Waals surface area contributed by atoms with Gasteiger partial charge in [0.05, 0.1) is 30.0 Å². The third-order valence-electron chi connectivity index (χ3n) is 3.84. The third-order valence-corrected chi connectivity index (χ3v) is 3.84. The van der Waals surface area contributed by atoms with Crippen molar-refractivity contribution in [1.82, 2.24) is 4.90 Å². The van der Waals surface area contributed by atoms with Crippen LogP contribution in [0.25, 0.3) is 0 Å². The number of para-hydroxylation sites is 1. The second kappa shape index (κ2) is 6.70. The third kappa shape index (κ3) is 3.60. The average molecular weight is 287 g/mol. The molecular formula is C16H21N3O2. The van der Waals surface area contributed by atoms with Crippen LogP contribution in [0.15, 0.2) is 24.3 Å². The van der Waals surface area contributed by atoms with Crippen molar-refractivity contribution in [2.45, 2.75) is 39.0 Å². The minimum absolute atomic E-state index is 0.0985. The summed E-state index contributed by atoms with van der Waals surface area (Å²) in [6.45, 7) is 7.31. The largest absolute Gasteiger partial charge is 0.376 e. The topological polar surface area (TPSA) is 65.4 Å². The number of hydrogen-bond donors (Lipinski definition) is 1. The van der Waals surface area contributed by atoms with E-state index in [0.29, 0.717) is 17.9 Å². The number of carbonyl (C=O) groups excluding carboxylic acids is 1. The van der Waals surface area contributed by atoms with E-state index in [9.17, 15) is 4.79 Å². The summed E-state index contributed by atoms with van der Waals surface area (Å²) < 4.78 is 5.59. The van der Waals surface area contributed by atoms with E-state index in [4.69, 9.17) is 10.00 Å². The minimum Gasteiger partial charge on any atom is -0.376 e. The van der Waals surface area contributed by atoms with Gasteiger partial charge < -0.3 is 10.1 Å². The number of nitriles is 1. The lowest BCUT2D eigenvalue weighted by Crippen LogP contribution is -2.54. The highest BCUT2D eigenvalue weighted by molar-refractivity contribution is 5.95. The van der Waals surface area contributed by atoms with Crippen LogP contribution < -0.4 is 5.32 Å². The predicted octanol–water partition coefficient (Wildman–Crippen LogP) is 1.99. The fourth-order valence-electron chi connectivity index (χ4n) is 2.55. The fourth-order valence-corrected chi connectivity index (χ4v) is 2.55. The highest BCUT2D eigenvalue weighted by Gasteiger charge is 2.31. The van der Waals surface area contributed by atoms with E-state index < -0.39 is 0 Å². The first-order valence-corrected chi connectivity index (χ1v) is 7.20. The molecule has 1 saturated heterocycles. The normalized spacial score (nSPS) is 24.1. The Morgan fingerprint density at radius 1 is 1.48 bits per heavy atom. The van der Waals surface area contributed by atoms with Gasteiger partial charge in [-0.1, -0.05) is 12.1 Å². The average Bonchev–Trinajstić information content (AvgIpc) is 2.49. The smallest absolute Gasteiger partial charge is 0.241 e. The standard InChI is InChI=1S/C16H21N3O2/c1-11-10-21-12(2)9-19(11)13(3)16(20)18-15-7-5-4-6-14(15)8-17/h4-7,11-13H,9-10H2,1-3H3,(H,18,20). The number of nitrogens with zero attached hydrogens (tertiary/aromatic N) is 2. The molecule has 1 aliphatic rings. The molecule has 1 fully saturated rings. The van der Waals surface area contributed by atoms with Crippen molar-refractivity contribution < 1.29 is 9.53 Å². The summed E-state index contributed by atoms with van der Waals surface area (Å²) >= 11 is 0. The van der Waals surface area contributed by atoms with E-state index >= 15 is 0 Å². The Bertz CT molecular complexity index is 553. The van der Waals surface area contributed by atoms with Crippen molar-refractivity contribution in [1.29, 1.82) is 5.26 Å². The molecular weight excluding hydrogens is 266 g/mol. The monoisotopic (exact) mass is 287 g/mol. The van der Waals surface area contributed by atoms with E-state index in [1.165, 1.54) is 0 Å². The highest BCUT2D eigenvalue weighted by Crippen LogP contribution is 2.18. The Morgan fingerprint density at radius 3 is 2.90 bits per heavy atom. The molecule has 3 unspecified atom stereocenters. The number of carbonyl (C=O) groups is 1. The number of hydrogen-bond acceptors (Lipinski definition) is 4. The first-order chi connectivity index (χ1) is 10.0. The summed E-state index contributed by atoms with van der Waals surface area (Å²) in [4.78, 5) is 14.6. The number of rotatable bonds is 3. The molecule has 5 nitrogen and oxygen atoms in total. The number of benzene rings is 1. The zero-order chi connectivity index (χ0) is 15.4. The number of morpholine rings is 1. The molecule has 0 aliphatic carbocycles. The van der Waals surface area contributed by atoms with E-state index in [-0.39, 0.29) is 24.1 Å². The van der Waals surface area contributed by atoms with Gasteiger partial charge in [0.15, 0.2) is 0 Å². The molecule has 1 aromatic rings. The SMILES string of the molecule is CC1CN(C(C)C(=O)Nc2ccccc2C#N)C(C)CO1. The van der Waals surface area contributed by atoms with Crippen molar-refractivity contribution in [2.75, 3.05) is 18.5 Å². The lowest BCUT2D eigenvalue weighted by atomic mass is 10.1. The Hall–Kier alpha value is -1.90. The number of anilines is 1. The predicted molar refractivity (Wildman–Crippen MR) is 80.8 cm³/mol. The Balaban J connectivity index is 2.07. The minimum atomic E-state index is -0.266. The molecule has 0 saturated carbocycles. The van der Waals surface area contributed by atoms with Gasteiger partial charge in [-0.05, 0) is 32.9 Å². The maximum atomic E-state index is 12.4. The molecule has 1 aromatic carbocycles. The van der Waals surface area contributed by atoms with Crippen molar-refractivity contribution >= 4 is 11.6 Å². The lowest BCUT2D eigenvalue weighted by Gasteiger charge is -2.39. The molecule has 5 heteroatoms. The molecule has 1 N–H and O–H groups in total. The first kappa shape index (κ1) is 15.5. The quantitative estimate of drug-likeness (QED) is 0.923. The lowest BCUT2D eigenvalue weighted by molar-refractivity contribution is -0.126. The van der Waals surface area contributed by atoms with E-state index in [1.54, 1.807) is 24.3 Å². The summed E-state index contributed by atoms with van der Waals surface area (Å²) in [5.74, 6) is -0.0985. The zero-order valence-corrected chi connectivity index (χ0v) is 12.7. The molecule has 2 rings (SSSR count).